The average molecular weight is 489 g/mol. The second-order valence-electron chi connectivity index (χ2n) is 7.73. The fourth-order valence-electron chi connectivity index (χ4n) is 2.91. The van der Waals surface area contributed by atoms with E-state index in [-0.39, 0.29) is 11.3 Å². The van der Waals surface area contributed by atoms with Gasteiger partial charge in [-0.05, 0) is 55.8 Å². The molecule has 182 valence electrons. The number of carbonyl (C=O) groups is 1. The number of nitrogens with zero attached hydrogens (tertiary/aromatic N) is 3. The smallest absolute Gasteiger partial charge is 0.419 e. The Morgan fingerprint density at radius 2 is 1.62 bits per heavy atom. The summed E-state index contributed by atoms with van der Waals surface area (Å²) in [7, 11) is 0. The molecule has 13 heteroatoms. The maximum absolute atomic E-state index is 13.6. The van der Waals surface area contributed by atoms with Gasteiger partial charge in [0.15, 0.2) is 5.60 Å². The lowest BCUT2D eigenvalue weighted by Crippen LogP contribution is -2.38. The summed E-state index contributed by atoms with van der Waals surface area (Å²) in [5.41, 5.74) is -4.79. The number of rotatable bonds is 6. The van der Waals surface area contributed by atoms with E-state index in [2.05, 4.69) is 5.10 Å². The number of hydrogen-bond donors (Lipinski definition) is 1. The molecule has 0 atom stereocenters. The number of benzene rings is 2. The maximum Gasteiger partial charge on any atom is 0.419 e. The third-order valence-electron chi connectivity index (χ3n) is 4.77. The van der Waals surface area contributed by atoms with Crippen LogP contribution in [-0.4, -0.2) is 31.0 Å². The number of aromatic nitrogens is 3. The molecular weight excluding hydrogens is 472 g/mol. The molecule has 0 saturated carbocycles. The van der Waals surface area contributed by atoms with Crippen LogP contribution in [0.15, 0.2) is 53.6 Å². The molecule has 0 unspecified atom stereocenters. The van der Waals surface area contributed by atoms with Gasteiger partial charge in [-0.1, -0.05) is 6.07 Å². The SMILES string of the molecule is CC(C)(Oc1ccc(Cn2ncn(-c3ccc(C(F)(F)F)cc3)c2=O)cc1C(F)(F)F)C(=O)O. The zero-order chi connectivity index (χ0) is 25.5. The molecule has 1 aromatic heterocycles. The van der Waals surface area contributed by atoms with Gasteiger partial charge in [0.05, 0.1) is 23.4 Å². The van der Waals surface area contributed by atoms with Crippen LogP contribution in [-0.2, 0) is 23.7 Å². The Balaban J connectivity index is 1.91. The summed E-state index contributed by atoms with van der Waals surface area (Å²) < 4.78 is 85.7. The fourth-order valence-corrected chi connectivity index (χ4v) is 2.91. The van der Waals surface area contributed by atoms with E-state index in [1.807, 2.05) is 0 Å². The van der Waals surface area contributed by atoms with Crippen LogP contribution in [0.3, 0.4) is 0 Å². The third kappa shape index (κ3) is 5.24. The number of carboxylic acids is 1. The van der Waals surface area contributed by atoms with E-state index in [0.29, 0.717) is 6.07 Å². The van der Waals surface area contributed by atoms with E-state index in [9.17, 15) is 35.9 Å². The Hall–Kier alpha value is -3.77. The van der Waals surface area contributed by atoms with Gasteiger partial charge in [-0.3, -0.25) is 0 Å². The van der Waals surface area contributed by atoms with Crippen molar-refractivity contribution < 1.29 is 41.0 Å². The Morgan fingerprint density at radius 3 is 2.15 bits per heavy atom. The van der Waals surface area contributed by atoms with Crippen LogP contribution in [0.5, 0.6) is 5.75 Å². The van der Waals surface area contributed by atoms with Crippen molar-refractivity contribution in [2.45, 2.75) is 38.3 Å². The molecule has 0 amide bonds. The topological polar surface area (TPSA) is 86.4 Å². The number of alkyl halides is 6. The van der Waals surface area contributed by atoms with Crippen LogP contribution < -0.4 is 10.4 Å². The molecule has 0 bridgehead atoms. The number of halogens is 6. The van der Waals surface area contributed by atoms with Crippen LogP contribution in [0.4, 0.5) is 26.3 Å². The number of hydrogen-bond acceptors (Lipinski definition) is 4. The van der Waals surface area contributed by atoms with Crippen molar-refractivity contribution in [1.29, 1.82) is 0 Å². The van der Waals surface area contributed by atoms with Gasteiger partial charge >= 0.3 is 24.0 Å². The summed E-state index contributed by atoms with van der Waals surface area (Å²) in [6.07, 6.45) is -8.41. The molecule has 0 aliphatic carbocycles. The summed E-state index contributed by atoms with van der Waals surface area (Å²) in [6, 6.07) is 6.56. The molecule has 0 spiro atoms. The van der Waals surface area contributed by atoms with Gasteiger partial charge in [-0.25, -0.2) is 18.8 Å². The number of aliphatic carboxylic acids is 1. The molecule has 1 heterocycles. The van der Waals surface area contributed by atoms with Crippen molar-refractivity contribution in [3.63, 3.8) is 0 Å². The Bertz CT molecular complexity index is 1260. The molecule has 0 radical (unpaired) electrons. The van der Waals surface area contributed by atoms with Gasteiger partial charge in [0.1, 0.15) is 12.1 Å². The lowest BCUT2D eigenvalue weighted by atomic mass is 10.1. The molecule has 0 aliphatic heterocycles. The predicted molar refractivity (Wildman–Crippen MR) is 106 cm³/mol. The highest BCUT2D eigenvalue weighted by Gasteiger charge is 2.38. The molecule has 2 aromatic carbocycles. The van der Waals surface area contributed by atoms with Crippen molar-refractivity contribution >= 4 is 5.97 Å². The van der Waals surface area contributed by atoms with Gasteiger partial charge in [0, 0.05) is 0 Å². The summed E-state index contributed by atoms with van der Waals surface area (Å²) in [5.74, 6) is -2.17. The first-order valence-corrected chi connectivity index (χ1v) is 9.54. The van der Waals surface area contributed by atoms with Crippen LogP contribution in [0, 0.1) is 0 Å². The van der Waals surface area contributed by atoms with Crippen molar-refractivity contribution in [2.75, 3.05) is 0 Å². The standard InChI is InChI=1S/C21H17F6N3O4/c1-19(2,17(31)32)34-16-8-3-12(9-15(16)21(25,26)27)10-30-18(33)29(11-28-30)14-6-4-13(5-7-14)20(22,23)24/h3-9,11H,10H2,1-2H3,(H,31,32). The highest BCUT2D eigenvalue weighted by molar-refractivity contribution is 5.76. The first-order valence-electron chi connectivity index (χ1n) is 9.54. The zero-order valence-electron chi connectivity index (χ0n) is 17.6. The molecule has 0 saturated heterocycles. The van der Waals surface area contributed by atoms with Gasteiger partial charge in [0.2, 0.25) is 0 Å². The quantitative estimate of drug-likeness (QED) is 0.520. The van der Waals surface area contributed by atoms with E-state index >= 15 is 0 Å². The first kappa shape index (κ1) is 24.9. The van der Waals surface area contributed by atoms with Crippen LogP contribution >= 0.6 is 0 Å². The van der Waals surface area contributed by atoms with Gasteiger partial charge in [-0.2, -0.15) is 31.4 Å². The summed E-state index contributed by atoms with van der Waals surface area (Å²) in [4.78, 5) is 23.8. The lowest BCUT2D eigenvalue weighted by molar-refractivity contribution is -0.155. The maximum atomic E-state index is 13.6. The molecule has 3 aromatic rings. The summed E-state index contributed by atoms with van der Waals surface area (Å²) in [5, 5.41) is 12.9. The first-order chi connectivity index (χ1) is 15.6. The van der Waals surface area contributed by atoms with Crippen LogP contribution in [0.1, 0.15) is 30.5 Å². The van der Waals surface area contributed by atoms with E-state index in [1.54, 1.807) is 0 Å². The highest BCUT2D eigenvalue weighted by Crippen LogP contribution is 2.38. The van der Waals surface area contributed by atoms with Crippen molar-refractivity contribution in [3.8, 4) is 11.4 Å². The molecule has 34 heavy (non-hydrogen) atoms. The van der Waals surface area contributed by atoms with E-state index < -0.39 is 53.0 Å². The minimum absolute atomic E-state index is 0.00701. The lowest BCUT2D eigenvalue weighted by Gasteiger charge is -2.24. The number of carboxylic acid groups (broad SMARTS) is 1. The normalized spacial score (nSPS) is 12.6. The monoisotopic (exact) mass is 489 g/mol. The Kier molecular flexibility index (Phi) is 6.24. The Morgan fingerprint density at radius 1 is 1.00 bits per heavy atom. The summed E-state index contributed by atoms with van der Waals surface area (Å²) >= 11 is 0. The molecule has 0 aliphatic rings. The second-order valence-corrected chi connectivity index (χ2v) is 7.73. The second kappa shape index (κ2) is 8.54. The van der Waals surface area contributed by atoms with Gasteiger partial charge in [0.25, 0.3) is 0 Å². The van der Waals surface area contributed by atoms with Crippen molar-refractivity contribution in [2.24, 2.45) is 0 Å². The van der Waals surface area contributed by atoms with Gasteiger partial charge < -0.3 is 9.84 Å². The molecule has 0 fully saturated rings. The summed E-state index contributed by atoms with van der Waals surface area (Å²) in [6.45, 7) is 1.80. The Labute approximate surface area is 187 Å². The van der Waals surface area contributed by atoms with Crippen molar-refractivity contribution in [3.05, 3.63) is 76.0 Å². The third-order valence-corrected chi connectivity index (χ3v) is 4.77. The molecular formula is C21H17F6N3O4. The number of ether oxygens (including phenoxy) is 1. The zero-order valence-corrected chi connectivity index (χ0v) is 17.6. The van der Waals surface area contributed by atoms with Crippen LogP contribution in [0.2, 0.25) is 0 Å². The van der Waals surface area contributed by atoms with E-state index in [0.717, 1.165) is 59.8 Å². The van der Waals surface area contributed by atoms with Crippen molar-refractivity contribution in [1.82, 2.24) is 14.3 Å². The van der Waals surface area contributed by atoms with E-state index in [1.165, 1.54) is 6.07 Å². The largest absolute Gasteiger partial charge is 0.478 e. The molecule has 1 N–H and O–H groups in total. The molecule has 3 rings (SSSR count). The predicted octanol–water partition coefficient (Wildman–Crippen LogP) is 4.36. The van der Waals surface area contributed by atoms with E-state index in [4.69, 9.17) is 9.84 Å². The van der Waals surface area contributed by atoms with Gasteiger partial charge in [-0.15, -0.1) is 0 Å². The minimum atomic E-state index is -4.88. The highest BCUT2D eigenvalue weighted by atomic mass is 19.4. The van der Waals surface area contributed by atoms with Crippen LogP contribution in [0.25, 0.3) is 5.69 Å². The average Bonchev–Trinajstić information content (AvgIpc) is 3.07. The fraction of sp³-hybridized carbons (Fsp3) is 0.286. The minimum Gasteiger partial charge on any atom is -0.478 e. The molecule has 7 nitrogen and oxygen atoms in total.